The molecule has 0 spiro atoms. The molecule has 1 amide bonds. The molecule has 5 rings (SSSR count). The van der Waals surface area contributed by atoms with Gasteiger partial charge in [-0.3, -0.25) is 9.69 Å². The smallest absolute Gasteiger partial charge is 0.225 e. The molecule has 0 aliphatic carbocycles. The number of aromatic nitrogens is 2. The topological polar surface area (TPSA) is 40.9 Å². The lowest BCUT2D eigenvalue weighted by molar-refractivity contribution is -0.136. The number of imidazole rings is 1. The van der Waals surface area contributed by atoms with Gasteiger partial charge in [-0.25, -0.2) is 4.98 Å². The summed E-state index contributed by atoms with van der Waals surface area (Å²) in [4.78, 5) is 21.9. The maximum atomic E-state index is 12.4. The van der Waals surface area contributed by atoms with Crippen LogP contribution in [-0.2, 0) is 11.3 Å². The number of amides is 1. The van der Waals surface area contributed by atoms with E-state index < -0.39 is 0 Å². The van der Waals surface area contributed by atoms with Crippen LogP contribution in [0.15, 0.2) is 66.9 Å². The minimum atomic E-state index is 0.0388. The number of fused-ring (bicyclic) bond motifs is 1. The van der Waals surface area contributed by atoms with Crippen molar-refractivity contribution < 1.29 is 4.79 Å². The number of aryl methyl sites for hydroxylation is 1. The Morgan fingerprint density at radius 2 is 1.66 bits per heavy atom. The molecule has 1 saturated heterocycles. The van der Waals surface area contributed by atoms with Crippen molar-refractivity contribution in [2.45, 2.75) is 27.3 Å². The molecule has 0 N–H and O–H groups in total. The van der Waals surface area contributed by atoms with E-state index in [1.165, 1.54) is 11.1 Å². The van der Waals surface area contributed by atoms with Crippen LogP contribution in [0.25, 0.3) is 28.0 Å². The van der Waals surface area contributed by atoms with Crippen molar-refractivity contribution in [2.24, 2.45) is 5.92 Å². The molecular formula is C29H31ClN4O. The Hall–Kier alpha value is -3.15. The van der Waals surface area contributed by atoms with Crippen LogP contribution >= 0.6 is 11.6 Å². The van der Waals surface area contributed by atoms with Gasteiger partial charge < -0.3 is 9.30 Å². The molecule has 1 aliphatic heterocycles. The summed E-state index contributed by atoms with van der Waals surface area (Å²) in [6.45, 7) is 10.0. The summed E-state index contributed by atoms with van der Waals surface area (Å²) >= 11 is 6.17. The Kier molecular flexibility index (Phi) is 6.63. The normalized spacial score (nSPS) is 14.7. The number of hydrogen-bond acceptors (Lipinski definition) is 3. The quantitative estimate of drug-likeness (QED) is 0.351. The third kappa shape index (κ3) is 4.97. The SMILES string of the molecule is Cc1cccc(-c2ccc3nc(-c4ccc(Cl)cc4)c(CN4CCN(C(=O)C(C)C)CC4)n3c2)c1. The van der Waals surface area contributed by atoms with Gasteiger partial charge in [-0.15, -0.1) is 0 Å². The first-order valence-corrected chi connectivity index (χ1v) is 12.6. The molecular weight excluding hydrogens is 456 g/mol. The van der Waals surface area contributed by atoms with Crippen molar-refractivity contribution in [1.82, 2.24) is 19.2 Å². The van der Waals surface area contributed by atoms with Gasteiger partial charge in [-0.1, -0.05) is 67.4 Å². The molecule has 4 aromatic rings. The molecule has 35 heavy (non-hydrogen) atoms. The molecule has 0 unspecified atom stereocenters. The second-order valence-corrected chi connectivity index (χ2v) is 10.1. The first-order valence-electron chi connectivity index (χ1n) is 12.2. The highest BCUT2D eigenvalue weighted by molar-refractivity contribution is 6.30. The standard InChI is InChI=1S/C29H31ClN4O/c1-20(2)29(35)33-15-13-32(14-16-33)19-26-28(22-7-10-25(30)11-8-22)31-27-12-9-24(18-34(26)27)23-6-4-5-21(3)17-23/h4-12,17-18,20H,13-16,19H2,1-3H3. The first-order chi connectivity index (χ1) is 16.9. The van der Waals surface area contributed by atoms with Crippen LogP contribution in [0.3, 0.4) is 0 Å². The summed E-state index contributed by atoms with van der Waals surface area (Å²) in [6.07, 6.45) is 2.20. The molecule has 0 bridgehead atoms. The zero-order chi connectivity index (χ0) is 24.5. The van der Waals surface area contributed by atoms with Crippen molar-refractivity contribution in [1.29, 1.82) is 0 Å². The summed E-state index contributed by atoms with van der Waals surface area (Å²) in [5.74, 6) is 0.279. The summed E-state index contributed by atoms with van der Waals surface area (Å²) in [7, 11) is 0. The summed E-state index contributed by atoms with van der Waals surface area (Å²) in [6, 6.07) is 20.7. The number of rotatable bonds is 5. The van der Waals surface area contributed by atoms with E-state index in [9.17, 15) is 4.79 Å². The van der Waals surface area contributed by atoms with Gasteiger partial charge >= 0.3 is 0 Å². The van der Waals surface area contributed by atoms with E-state index in [0.717, 1.165) is 60.9 Å². The number of carbonyl (C=O) groups is 1. The van der Waals surface area contributed by atoms with Gasteiger partial charge in [0.05, 0.1) is 11.4 Å². The minimum Gasteiger partial charge on any atom is -0.340 e. The first kappa shape index (κ1) is 23.6. The maximum Gasteiger partial charge on any atom is 0.225 e. The van der Waals surface area contributed by atoms with Gasteiger partial charge in [-0.05, 0) is 42.3 Å². The van der Waals surface area contributed by atoms with E-state index in [2.05, 4.69) is 58.8 Å². The van der Waals surface area contributed by atoms with Gasteiger partial charge in [0.15, 0.2) is 0 Å². The molecule has 6 heteroatoms. The van der Waals surface area contributed by atoms with Crippen molar-refractivity contribution in [2.75, 3.05) is 26.2 Å². The highest BCUT2D eigenvalue weighted by Gasteiger charge is 2.25. The van der Waals surface area contributed by atoms with Crippen LogP contribution in [-0.4, -0.2) is 51.3 Å². The fourth-order valence-corrected chi connectivity index (χ4v) is 4.91. The van der Waals surface area contributed by atoms with Crippen molar-refractivity contribution >= 4 is 23.2 Å². The van der Waals surface area contributed by atoms with Gasteiger partial charge in [0, 0.05) is 55.4 Å². The predicted molar refractivity (Wildman–Crippen MR) is 143 cm³/mol. The van der Waals surface area contributed by atoms with Crippen LogP contribution in [0, 0.1) is 12.8 Å². The number of halogens is 1. The van der Waals surface area contributed by atoms with Crippen LogP contribution in [0.4, 0.5) is 0 Å². The average Bonchev–Trinajstić information content (AvgIpc) is 3.22. The average molecular weight is 487 g/mol. The highest BCUT2D eigenvalue weighted by atomic mass is 35.5. The van der Waals surface area contributed by atoms with Crippen molar-refractivity contribution in [3.05, 3.63) is 83.1 Å². The molecule has 1 aliphatic rings. The lowest BCUT2D eigenvalue weighted by atomic mass is 10.1. The lowest BCUT2D eigenvalue weighted by Gasteiger charge is -2.35. The second kappa shape index (κ2) is 9.84. The molecule has 2 aromatic carbocycles. The Bertz CT molecular complexity index is 1350. The Morgan fingerprint density at radius 1 is 0.943 bits per heavy atom. The predicted octanol–water partition coefficient (Wildman–Crippen LogP) is 5.93. The van der Waals surface area contributed by atoms with Crippen LogP contribution in [0.1, 0.15) is 25.1 Å². The molecule has 0 radical (unpaired) electrons. The van der Waals surface area contributed by atoms with E-state index in [-0.39, 0.29) is 11.8 Å². The number of pyridine rings is 1. The number of nitrogens with zero attached hydrogens (tertiary/aromatic N) is 4. The Labute approximate surface area is 212 Å². The highest BCUT2D eigenvalue weighted by Crippen LogP contribution is 2.29. The number of benzene rings is 2. The number of hydrogen-bond donors (Lipinski definition) is 0. The van der Waals surface area contributed by atoms with Crippen LogP contribution in [0.2, 0.25) is 5.02 Å². The zero-order valence-corrected chi connectivity index (χ0v) is 21.3. The fourth-order valence-electron chi connectivity index (χ4n) is 4.78. The minimum absolute atomic E-state index is 0.0388. The Morgan fingerprint density at radius 3 is 2.34 bits per heavy atom. The maximum absolute atomic E-state index is 12.4. The van der Waals surface area contributed by atoms with E-state index in [1.54, 1.807) is 0 Å². The summed E-state index contributed by atoms with van der Waals surface area (Å²) < 4.78 is 2.23. The van der Waals surface area contributed by atoms with E-state index >= 15 is 0 Å². The van der Waals surface area contributed by atoms with Gasteiger partial charge in [0.1, 0.15) is 5.65 Å². The molecule has 2 aromatic heterocycles. The fraction of sp³-hybridized carbons (Fsp3) is 0.310. The third-order valence-corrected chi connectivity index (χ3v) is 6.99. The summed E-state index contributed by atoms with van der Waals surface area (Å²) in [5, 5.41) is 0.715. The molecule has 180 valence electrons. The largest absolute Gasteiger partial charge is 0.340 e. The molecule has 0 atom stereocenters. The van der Waals surface area contributed by atoms with Gasteiger partial charge in [-0.2, -0.15) is 0 Å². The van der Waals surface area contributed by atoms with E-state index in [4.69, 9.17) is 16.6 Å². The molecule has 0 saturated carbocycles. The van der Waals surface area contributed by atoms with Crippen LogP contribution < -0.4 is 0 Å². The van der Waals surface area contributed by atoms with E-state index in [1.807, 2.05) is 43.0 Å². The van der Waals surface area contributed by atoms with Crippen molar-refractivity contribution in [3.8, 4) is 22.4 Å². The van der Waals surface area contributed by atoms with E-state index in [0.29, 0.717) is 5.02 Å². The van der Waals surface area contributed by atoms with Gasteiger partial charge in [0.2, 0.25) is 5.91 Å². The van der Waals surface area contributed by atoms with Crippen LogP contribution in [0.5, 0.6) is 0 Å². The van der Waals surface area contributed by atoms with Gasteiger partial charge in [0.25, 0.3) is 0 Å². The van der Waals surface area contributed by atoms with Crippen molar-refractivity contribution in [3.63, 3.8) is 0 Å². The summed E-state index contributed by atoms with van der Waals surface area (Å²) in [5.41, 5.74) is 7.71. The monoisotopic (exact) mass is 486 g/mol. The number of carbonyl (C=O) groups excluding carboxylic acids is 1. The lowest BCUT2D eigenvalue weighted by Crippen LogP contribution is -2.49. The molecule has 3 heterocycles. The molecule has 5 nitrogen and oxygen atoms in total. The molecule has 1 fully saturated rings. The zero-order valence-electron chi connectivity index (χ0n) is 20.5. The third-order valence-electron chi connectivity index (χ3n) is 6.74. The Balaban J connectivity index is 1.51. The number of piperazine rings is 1. The second-order valence-electron chi connectivity index (χ2n) is 9.69.